The van der Waals surface area contributed by atoms with Crippen molar-refractivity contribution in [3.63, 3.8) is 0 Å². The van der Waals surface area contributed by atoms with Gasteiger partial charge in [0.15, 0.2) is 0 Å². The molecule has 0 aromatic heterocycles. The predicted molar refractivity (Wildman–Crippen MR) is 89.7 cm³/mol. The van der Waals surface area contributed by atoms with E-state index in [0.717, 1.165) is 13.0 Å². The molecule has 1 aliphatic rings. The molecule has 0 radical (unpaired) electrons. The Hall–Kier alpha value is -0.860. The Morgan fingerprint density at radius 2 is 1.95 bits per heavy atom. The zero-order valence-electron chi connectivity index (χ0n) is 13.7. The van der Waals surface area contributed by atoms with Crippen LogP contribution >= 0.6 is 0 Å². The molecule has 2 unspecified atom stereocenters. The topological polar surface area (TPSA) is 21.3 Å². The lowest BCUT2D eigenvalue weighted by Gasteiger charge is -2.26. The van der Waals surface area contributed by atoms with E-state index in [1.54, 1.807) is 0 Å². The molecule has 1 aliphatic carbocycles. The van der Waals surface area contributed by atoms with Gasteiger partial charge < -0.3 is 10.1 Å². The van der Waals surface area contributed by atoms with E-state index in [0.29, 0.717) is 12.1 Å². The predicted octanol–water partition coefficient (Wildman–Crippen LogP) is 4.64. The normalized spacial score (nSPS) is 21.8. The number of hydrogen-bond acceptors (Lipinski definition) is 2. The van der Waals surface area contributed by atoms with E-state index >= 15 is 0 Å². The summed E-state index contributed by atoms with van der Waals surface area (Å²) in [6.45, 7) is 3.17. The van der Waals surface area contributed by atoms with Crippen molar-refractivity contribution in [1.82, 2.24) is 5.32 Å². The number of likely N-dealkylation sites (N-methyl/N-ethyl adjacent to an activating group) is 1. The summed E-state index contributed by atoms with van der Waals surface area (Å²) in [4.78, 5) is 0. The molecule has 0 aliphatic heterocycles. The fraction of sp³-hybridized carbons (Fsp3) is 0.684. The maximum Gasteiger partial charge on any atom is 0.0769 e. The molecule has 0 heterocycles. The van der Waals surface area contributed by atoms with Gasteiger partial charge in [-0.15, -0.1) is 0 Å². The van der Waals surface area contributed by atoms with E-state index in [1.165, 1.54) is 56.1 Å². The van der Waals surface area contributed by atoms with E-state index in [4.69, 9.17) is 4.74 Å². The van der Waals surface area contributed by atoms with E-state index in [1.807, 2.05) is 0 Å². The molecule has 0 spiro atoms. The molecule has 2 heteroatoms. The molecule has 2 nitrogen and oxygen atoms in total. The summed E-state index contributed by atoms with van der Waals surface area (Å²) in [5, 5.41) is 3.49. The van der Waals surface area contributed by atoms with Gasteiger partial charge >= 0.3 is 0 Å². The maximum atomic E-state index is 6.24. The van der Waals surface area contributed by atoms with Crippen molar-refractivity contribution in [2.24, 2.45) is 0 Å². The second-order valence-electron chi connectivity index (χ2n) is 6.18. The Bertz CT molecular complexity index is 404. The summed E-state index contributed by atoms with van der Waals surface area (Å²) in [5.41, 5.74) is 2.93. The molecule has 0 saturated carbocycles. The van der Waals surface area contributed by atoms with Crippen LogP contribution in [-0.2, 0) is 11.2 Å². The van der Waals surface area contributed by atoms with Gasteiger partial charge in [0.1, 0.15) is 0 Å². The van der Waals surface area contributed by atoms with Crippen molar-refractivity contribution >= 4 is 0 Å². The van der Waals surface area contributed by atoms with Crippen molar-refractivity contribution in [3.05, 3.63) is 35.4 Å². The minimum Gasteiger partial charge on any atom is -0.376 e. The van der Waals surface area contributed by atoms with Crippen molar-refractivity contribution in [2.45, 2.75) is 70.4 Å². The van der Waals surface area contributed by atoms with Crippen LogP contribution in [-0.4, -0.2) is 19.8 Å². The Labute approximate surface area is 130 Å². The number of aryl methyl sites for hydroxylation is 1. The Morgan fingerprint density at radius 1 is 1.14 bits per heavy atom. The van der Waals surface area contributed by atoms with Gasteiger partial charge in [-0.05, 0) is 43.9 Å². The smallest absolute Gasteiger partial charge is 0.0769 e. The molecule has 0 fully saturated rings. The molecule has 21 heavy (non-hydrogen) atoms. The van der Waals surface area contributed by atoms with Crippen LogP contribution < -0.4 is 5.32 Å². The van der Waals surface area contributed by atoms with Crippen LogP contribution in [0.1, 0.15) is 69.0 Å². The van der Waals surface area contributed by atoms with Gasteiger partial charge in [0.2, 0.25) is 0 Å². The highest BCUT2D eigenvalue weighted by Crippen LogP contribution is 2.30. The van der Waals surface area contributed by atoms with E-state index < -0.39 is 0 Å². The minimum atomic E-state index is 0.324. The minimum absolute atomic E-state index is 0.324. The summed E-state index contributed by atoms with van der Waals surface area (Å²) < 4.78 is 6.24. The quantitative estimate of drug-likeness (QED) is 0.556. The Balaban J connectivity index is 1.87. The van der Waals surface area contributed by atoms with Crippen LogP contribution in [0.4, 0.5) is 0 Å². The SMILES string of the molecule is CCCCCCCOC1CCCc2ccccc2C1NC. The van der Waals surface area contributed by atoms with Crippen LogP contribution in [0.5, 0.6) is 0 Å². The maximum absolute atomic E-state index is 6.24. The first-order valence-electron chi connectivity index (χ1n) is 8.73. The molecule has 2 atom stereocenters. The molecule has 0 amide bonds. The third-order valence-electron chi connectivity index (χ3n) is 4.59. The lowest BCUT2D eigenvalue weighted by atomic mass is 9.98. The first-order valence-corrected chi connectivity index (χ1v) is 8.73. The standard InChI is InChI=1S/C19H31NO/c1-3-4-5-6-9-15-21-18-14-10-12-16-11-7-8-13-17(16)19(18)20-2/h7-8,11,13,18-20H,3-6,9-10,12,14-15H2,1-2H3. The number of rotatable bonds is 8. The van der Waals surface area contributed by atoms with Crippen molar-refractivity contribution in [1.29, 1.82) is 0 Å². The number of hydrogen-bond donors (Lipinski definition) is 1. The molecular weight excluding hydrogens is 258 g/mol. The highest BCUT2D eigenvalue weighted by atomic mass is 16.5. The first-order chi connectivity index (χ1) is 10.4. The molecule has 1 N–H and O–H groups in total. The van der Waals surface area contributed by atoms with Crippen molar-refractivity contribution in [3.8, 4) is 0 Å². The molecule has 118 valence electrons. The zero-order valence-corrected chi connectivity index (χ0v) is 13.7. The fourth-order valence-corrected chi connectivity index (χ4v) is 3.39. The van der Waals surface area contributed by atoms with Gasteiger partial charge in [-0.2, -0.15) is 0 Å². The average Bonchev–Trinajstić information content (AvgIpc) is 2.69. The van der Waals surface area contributed by atoms with Crippen LogP contribution in [0.2, 0.25) is 0 Å². The summed E-state index contributed by atoms with van der Waals surface area (Å²) in [6, 6.07) is 9.18. The zero-order chi connectivity index (χ0) is 14.9. The first kappa shape index (κ1) is 16.5. The second-order valence-corrected chi connectivity index (χ2v) is 6.18. The number of fused-ring (bicyclic) bond motifs is 1. The van der Waals surface area contributed by atoms with Crippen LogP contribution in [0, 0.1) is 0 Å². The Kier molecular flexibility index (Phi) is 7.25. The number of unbranched alkanes of at least 4 members (excludes halogenated alkanes) is 4. The monoisotopic (exact) mass is 289 g/mol. The lowest BCUT2D eigenvalue weighted by molar-refractivity contribution is 0.0205. The summed E-state index contributed by atoms with van der Waals surface area (Å²) >= 11 is 0. The Morgan fingerprint density at radius 3 is 2.76 bits per heavy atom. The summed E-state index contributed by atoms with van der Waals surface area (Å²) in [6.07, 6.45) is 10.4. The molecule has 1 aromatic carbocycles. The van der Waals surface area contributed by atoms with Crippen LogP contribution in [0.25, 0.3) is 0 Å². The molecule has 0 saturated heterocycles. The number of benzene rings is 1. The summed E-state index contributed by atoms with van der Waals surface area (Å²) in [7, 11) is 2.06. The van der Waals surface area contributed by atoms with Crippen LogP contribution in [0.3, 0.4) is 0 Å². The van der Waals surface area contributed by atoms with Crippen molar-refractivity contribution < 1.29 is 4.74 Å². The number of ether oxygens (including phenoxy) is 1. The molecule has 1 aromatic rings. The van der Waals surface area contributed by atoms with E-state index in [2.05, 4.69) is 43.6 Å². The third-order valence-corrected chi connectivity index (χ3v) is 4.59. The lowest BCUT2D eigenvalue weighted by Crippen LogP contribution is -2.31. The van der Waals surface area contributed by atoms with Gasteiger partial charge in [-0.25, -0.2) is 0 Å². The largest absolute Gasteiger partial charge is 0.376 e. The fourth-order valence-electron chi connectivity index (χ4n) is 3.39. The van der Waals surface area contributed by atoms with Gasteiger partial charge in [-0.3, -0.25) is 0 Å². The van der Waals surface area contributed by atoms with Gasteiger partial charge in [-0.1, -0.05) is 56.9 Å². The van der Waals surface area contributed by atoms with Crippen molar-refractivity contribution in [2.75, 3.05) is 13.7 Å². The molecule has 2 rings (SSSR count). The van der Waals surface area contributed by atoms with E-state index in [-0.39, 0.29) is 0 Å². The average molecular weight is 289 g/mol. The molecule has 0 bridgehead atoms. The summed E-state index contributed by atoms with van der Waals surface area (Å²) in [5.74, 6) is 0. The number of nitrogens with one attached hydrogen (secondary N) is 1. The highest BCUT2D eigenvalue weighted by Gasteiger charge is 2.26. The van der Waals surface area contributed by atoms with Gasteiger partial charge in [0.25, 0.3) is 0 Å². The van der Waals surface area contributed by atoms with E-state index in [9.17, 15) is 0 Å². The van der Waals surface area contributed by atoms with Gasteiger partial charge in [0.05, 0.1) is 12.1 Å². The molecular formula is C19H31NO. The second kappa shape index (κ2) is 9.22. The third kappa shape index (κ3) is 4.82. The van der Waals surface area contributed by atoms with Crippen LogP contribution in [0.15, 0.2) is 24.3 Å². The van der Waals surface area contributed by atoms with Gasteiger partial charge in [0, 0.05) is 6.61 Å². The highest BCUT2D eigenvalue weighted by molar-refractivity contribution is 5.32.